The molecule has 1 N–H and O–H groups in total. The first-order valence-corrected chi connectivity index (χ1v) is 3.45. The van der Waals surface area contributed by atoms with Crippen molar-refractivity contribution in [3.05, 3.63) is 0 Å². The Morgan fingerprint density at radius 2 is 2.22 bits per heavy atom. The Bertz CT molecular complexity index is 86.9. The molecule has 1 heterocycles. The van der Waals surface area contributed by atoms with Crippen molar-refractivity contribution >= 4 is 0 Å². The largest absolute Gasteiger partial charge is 0.396 e. The number of hydrogen-bond acceptors (Lipinski definition) is 2. The molecule has 0 amide bonds. The lowest BCUT2D eigenvalue weighted by atomic mass is 9.84. The highest BCUT2D eigenvalue weighted by atomic mass is 16.5. The van der Waals surface area contributed by atoms with E-state index in [9.17, 15) is 0 Å². The van der Waals surface area contributed by atoms with Gasteiger partial charge in [0.25, 0.3) is 0 Å². The lowest BCUT2D eigenvalue weighted by Gasteiger charge is -2.37. The second-order valence-electron chi connectivity index (χ2n) is 3.13. The molecule has 1 aliphatic heterocycles. The quantitative estimate of drug-likeness (QED) is 0.612. The van der Waals surface area contributed by atoms with Crippen LogP contribution in [-0.2, 0) is 4.74 Å². The zero-order chi connectivity index (χ0) is 6.74. The van der Waals surface area contributed by atoms with Gasteiger partial charge in [0.2, 0.25) is 0 Å². The molecule has 0 aromatic heterocycles. The van der Waals surface area contributed by atoms with Gasteiger partial charge in [-0.05, 0) is 12.8 Å². The standard InChI is InChI=1S/C7H14O2/c1-7(3-2-4-8)5-9-6-7/h8H,2-6H2,1H3. The molecule has 0 radical (unpaired) electrons. The molecule has 0 bridgehead atoms. The predicted octanol–water partition coefficient (Wildman–Crippen LogP) is 0.795. The molecule has 0 saturated carbocycles. The number of ether oxygens (including phenoxy) is 1. The Kier molecular flexibility index (Phi) is 2.09. The van der Waals surface area contributed by atoms with Crippen LogP contribution < -0.4 is 0 Å². The van der Waals surface area contributed by atoms with E-state index in [1.165, 1.54) is 0 Å². The molecule has 0 aliphatic carbocycles. The van der Waals surface area contributed by atoms with Crippen molar-refractivity contribution in [2.75, 3.05) is 19.8 Å². The van der Waals surface area contributed by atoms with Crippen LogP contribution in [-0.4, -0.2) is 24.9 Å². The van der Waals surface area contributed by atoms with E-state index in [1.54, 1.807) is 0 Å². The molecule has 2 nitrogen and oxygen atoms in total. The van der Waals surface area contributed by atoms with Crippen LogP contribution in [0.5, 0.6) is 0 Å². The fourth-order valence-corrected chi connectivity index (χ4v) is 1.10. The van der Waals surface area contributed by atoms with E-state index < -0.39 is 0 Å². The first-order valence-electron chi connectivity index (χ1n) is 3.45. The minimum Gasteiger partial charge on any atom is -0.396 e. The highest BCUT2D eigenvalue weighted by molar-refractivity contribution is 4.79. The number of aliphatic hydroxyl groups is 1. The summed E-state index contributed by atoms with van der Waals surface area (Å²) < 4.78 is 5.05. The SMILES string of the molecule is CC1(CCCO)COC1. The van der Waals surface area contributed by atoms with Crippen LogP contribution in [0.15, 0.2) is 0 Å². The Morgan fingerprint density at radius 3 is 2.56 bits per heavy atom. The minimum atomic E-state index is 0.315. The van der Waals surface area contributed by atoms with Crippen LogP contribution >= 0.6 is 0 Å². The van der Waals surface area contributed by atoms with Gasteiger partial charge in [0, 0.05) is 12.0 Å². The molecule has 54 valence electrons. The zero-order valence-corrected chi connectivity index (χ0v) is 5.89. The van der Waals surface area contributed by atoms with Gasteiger partial charge in [0.05, 0.1) is 13.2 Å². The lowest BCUT2D eigenvalue weighted by Crippen LogP contribution is -2.39. The average molecular weight is 130 g/mol. The van der Waals surface area contributed by atoms with Gasteiger partial charge in [-0.3, -0.25) is 0 Å². The molecule has 0 spiro atoms. The van der Waals surface area contributed by atoms with E-state index in [2.05, 4.69) is 6.92 Å². The van der Waals surface area contributed by atoms with E-state index >= 15 is 0 Å². The fraction of sp³-hybridized carbons (Fsp3) is 1.00. The first-order chi connectivity index (χ1) is 4.27. The van der Waals surface area contributed by atoms with Crippen molar-refractivity contribution in [2.24, 2.45) is 5.41 Å². The van der Waals surface area contributed by atoms with Crippen molar-refractivity contribution < 1.29 is 9.84 Å². The van der Waals surface area contributed by atoms with Crippen LogP contribution in [0.2, 0.25) is 0 Å². The van der Waals surface area contributed by atoms with Gasteiger partial charge in [-0.25, -0.2) is 0 Å². The molecule has 1 aliphatic rings. The van der Waals surface area contributed by atoms with Gasteiger partial charge in [-0.2, -0.15) is 0 Å². The Hall–Kier alpha value is -0.0800. The summed E-state index contributed by atoms with van der Waals surface area (Å²) in [4.78, 5) is 0. The first kappa shape index (κ1) is 7.03. The van der Waals surface area contributed by atoms with Gasteiger partial charge < -0.3 is 9.84 Å². The Labute approximate surface area is 55.8 Å². The molecule has 0 unspecified atom stereocenters. The fourth-order valence-electron chi connectivity index (χ4n) is 1.10. The molecule has 1 rings (SSSR count). The topological polar surface area (TPSA) is 29.5 Å². The molecule has 0 aromatic rings. The molecule has 0 atom stereocenters. The number of aliphatic hydroxyl groups excluding tert-OH is 1. The van der Waals surface area contributed by atoms with Crippen LogP contribution in [0, 0.1) is 5.41 Å². The maximum absolute atomic E-state index is 8.51. The van der Waals surface area contributed by atoms with Gasteiger partial charge in [-0.1, -0.05) is 6.92 Å². The van der Waals surface area contributed by atoms with E-state index in [0.29, 0.717) is 12.0 Å². The maximum Gasteiger partial charge on any atom is 0.0542 e. The molecule has 1 saturated heterocycles. The third-order valence-electron chi connectivity index (χ3n) is 1.84. The van der Waals surface area contributed by atoms with Crippen molar-refractivity contribution in [3.63, 3.8) is 0 Å². The third-order valence-corrected chi connectivity index (χ3v) is 1.84. The summed E-state index contributed by atoms with van der Waals surface area (Å²) in [5.41, 5.74) is 0.392. The van der Waals surface area contributed by atoms with Gasteiger partial charge in [0.1, 0.15) is 0 Å². The minimum absolute atomic E-state index is 0.315. The molecule has 9 heavy (non-hydrogen) atoms. The summed E-state index contributed by atoms with van der Waals surface area (Å²) in [5.74, 6) is 0. The van der Waals surface area contributed by atoms with E-state index in [-0.39, 0.29) is 0 Å². The number of hydrogen-bond donors (Lipinski definition) is 1. The lowest BCUT2D eigenvalue weighted by molar-refractivity contribution is -0.107. The molecule has 1 fully saturated rings. The van der Waals surface area contributed by atoms with Crippen molar-refractivity contribution in [1.29, 1.82) is 0 Å². The van der Waals surface area contributed by atoms with Crippen LogP contribution in [0.3, 0.4) is 0 Å². The molecule has 0 aromatic carbocycles. The molecular formula is C7H14O2. The summed E-state index contributed by atoms with van der Waals surface area (Å²) in [6, 6.07) is 0. The summed E-state index contributed by atoms with van der Waals surface area (Å²) in [7, 11) is 0. The van der Waals surface area contributed by atoms with Crippen LogP contribution in [0.1, 0.15) is 19.8 Å². The van der Waals surface area contributed by atoms with Crippen LogP contribution in [0.25, 0.3) is 0 Å². The van der Waals surface area contributed by atoms with Gasteiger partial charge >= 0.3 is 0 Å². The van der Waals surface area contributed by atoms with Crippen molar-refractivity contribution in [2.45, 2.75) is 19.8 Å². The summed E-state index contributed by atoms with van der Waals surface area (Å²) >= 11 is 0. The van der Waals surface area contributed by atoms with E-state index in [1.807, 2.05) is 0 Å². The van der Waals surface area contributed by atoms with Crippen LogP contribution in [0.4, 0.5) is 0 Å². The van der Waals surface area contributed by atoms with Gasteiger partial charge in [0.15, 0.2) is 0 Å². The third kappa shape index (κ3) is 1.66. The summed E-state index contributed by atoms with van der Waals surface area (Å²) in [5, 5.41) is 8.51. The average Bonchev–Trinajstić information content (AvgIpc) is 1.79. The second-order valence-corrected chi connectivity index (χ2v) is 3.13. The summed E-state index contributed by atoms with van der Waals surface area (Å²) in [6.07, 6.45) is 2.02. The summed E-state index contributed by atoms with van der Waals surface area (Å²) in [6.45, 7) is 4.28. The van der Waals surface area contributed by atoms with Gasteiger partial charge in [-0.15, -0.1) is 0 Å². The van der Waals surface area contributed by atoms with Crippen molar-refractivity contribution in [1.82, 2.24) is 0 Å². The monoisotopic (exact) mass is 130 g/mol. The molecular weight excluding hydrogens is 116 g/mol. The molecule has 2 heteroatoms. The van der Waals surface area contributed by atoms with E-state index in [4.69, 9.17) is 9.84 Å². The predicted molar refractivity (Wildman–Crippen MR) is 35.2 cm³/mol. The maximum atomic E-state index is 8.51. The highest BCUT2D eigenvalue weighted by Crippen LogP contribution is 2.31. The number of rotatable bonds is 3. The highest BCUT2D eigenvalue weighted by Gasteiger charge is 2.32. The van der Waals surface area contributed by atoms with Crippen molar-refractivity contribution in [3.8, 4) is 0 Å². The Balaban J connectivity index is 2.09. The second kappa shape index (κ2) is 2.67. The zero-order valence-electron chi connectivity index (χ0n) is 5.89. The normalized spacial score (nSPS) is 23.3. The Morgan fingerprint density at radius 1 is 1.56 bits per heavy atom. The smallest absolute Gasteiger partial charge is 0.0542 e. The van der Waals surface area contributed by atoms with E-state index in [0.717, 1.165) is 26.1 Å².